The molecule has 0 radical (unpaired) electrons. The quantitative estimate of drug-likeness (QED) is 0.772. The fourth-order valence-electron chi connectivity index (χ4n) is 2.83. The predicted octanol–water partition coefficient (Wildman–Crippen LogP) is 2.23. The molecule has 1 saturated heterocycles. The molecule has 0 bridgehead atoms. The Morgan fingerprint density at radius 1 is 1.11 bits per heavy atom. The van der Waals surface area contributed by atoms with Crippen molar-refractivity contribution in [3.8, 4) is 11.5 Å². The fraction of sp³-hybridized carbons (Fsp3) is 0.389. The molecule has 1 fully saturated rings. The second-order valence-electron chi connectivity index (χ2n) is 6.07. The molecule has 0 atom stereocenters. The molecule has 1 aliphatic heterocycles. The van der Waals surface area contributed by atoms with E-state index in [0.29, 0.717) is 37.7 Å². The van der Waals surface area contributed by atoms with Gasteiger partial charge in [-0.25, -0.2) is 9.97 Å². The van der Waals surface area contributed by atoms with E-state index in [1.54, 1.807) is 34.1 Å². The molecule has 2 heterocycles. The van der Waals surface area contributed by atoms with Gasteiger partial charge < -0.3 is 19.3 Å². The molecule has 3 rings (SSSR count). The minimum absolute atomic E-state index is 0.147. The second-order valence-corrected chi connectivity index (χ2v) is 6.07. The summed E-state index contributed by atoms with van der Waals surface area (Å²) in [5.41, 5.74) is -0.985. The number of carbonyl (C=O) groups is 1. The summed E-state index contributed by atoms with van der Waals surface area (Å²) in [4.78, 5) is 22.8. The number of hydrogen-bond donors (Lipinski definition) is 0. The van der Waals surface area contributed by atoms with Crippen LogP contribution < -0.4 is 14.4 Å². The van der Waals surface area contributed by atoms with Crippen molar-refractivity contribution in [3.63, 3.8) is 0 Å². The van der Waals surface area contributed by atoms with Gasteiger partial charge in [-0.1, -0.05) is 12.1 Å². The van der Waals surface area contributed by atoms with E-state index < -0.39 is 11.9 Å². The number of methoxy groups -OCH3 is 1. The van der Waals surface area contributed by atoms with Crippen LogP contribution in [0.1, 0.15) is 5.69 Å². The van der Waals surface area contributed by atoms with E-state index >= 15 is 0 Å². The summed E-state index contributed by atoms with van der Waals surface area (Å²) in [5, 5.41) is 0. The minimum atomic E-state index is -4.52. The van der Waals surface area contributed by atoms with Crippen molar-refractivity contribution in [2.45, 2.75) is 6.18 Å². The van der Waals surface area contributed by atoms with Crippen LogP contribution in [0, 0.1) is 0 Å². The number of carbonyl (C=O) groups excluding carboxylic acids is 1. The zero-order valence-electron chi connectivity index (χ0n) is 15.1. The SMILES string of the molecule is COc1ccccc1OCC(=O)N1CCN(c2cc(C(F)(F)F)ncn2)CC1. The van der Waals surface area contributed by atoms with Crippen LogP contribution in [0.2, 0.25) is 0 Å². The Hall–Kier alpha value is -3.04. The molecule has 0 saturated carbocycles. The molecule has 1 aliphatic rings. The Labute approximate surface area is 159 Å². The number of ether oxygens (including phenoxy) is 2. The van der Waals surface area contributed by atoms with E-state index in [1.807, 2.05) is 0 Å². The highest BCUT2D eigenvalue weighted by atomic mass is 19.4. The van der Waals surface area contributed by atoms with Crippen LogP contribution in [-0.4, -0.2) is 60.7 Å². The first-order valence-electron chi connectivity index (χ1n) is 8.56. The first-order chi connectivity index (χ1) is 13.4. The number of rotatable bonds is 5. The Kier molecular flexibility index (Phi) is 5.86. The van der Waals surface area contributed by atoms with Crippen LogP contribution in [-0.2, 0) is 11.0 Å². The van der Waals surface area contributed by atoms with Gasteiger partial charge in [-0.3, -0.25) is 4.79 Å². The molecular weight excluding hydrogens is 377 g/mol. The standard InChI is InChI=1S/C18H19F3N4O3/c1-27-13-4-2-3-5-14(13)28-11-17(26)25-8-6-24(7-9-25)16-10-15(18(19,20)21)22-12-23-16/h2-5,10,12H,6-9,11H2,1H3. The molecule has 0 aliphatic carbocycles. The van der Waals surface area contributed by atoms with Crippen LogP contribution in [0.5, 0.6) is 11.5 Å². The average molecular weight is 396 g/mol. The largest absolute Gasteiger partial charge is 0.493 e. The van der Waals surface area contributed by atoms with E-state index in [0.717, 1.165) is 12.4 Å². The third-order valence-corrected chi connectivity index (χ3v) is 4.32. The van der Waals surface area contributed by atoms with Crippen LogP contribution in [0.25, 0.3) is 0 Å². The lowest BCUT2D eigenvalue weighted by Gasteiger charge is -2.35. The van der Waals surface area contributed by atoms with Crippen molar-refractivity contribution in [2.24, 2.45) is 0 Å². The monoisotopic (exact) mass is 396 g/mol. The van der Waals surface area contributed by atoms with Gasteiger partial charge in [-0.15, -0.1) is 0 Å². The molecule has 28 heavy (non-hydrogen) atoms. The van der Waals surface area contributed by atoms with Crippen LogP contribution >= 0.6 is 0 Å². The topological polar surface area (TPSA) is 67.8 Å². The first-order valence-corrected chi connectivity index (χ1v) is 8.56. The summed E-state index contributed by atoms with van der Waals surface area (Å²) in [6, 6.07) is 7.93. The zero-order chi connectivity index (χ0) is 20.1. The fourth-order valence-corrected chi connectivity index (χ4v) is 2.83. The third-order valence-electron chi connectivity index (χ3n) is 4.32. The normalized spacial score (nSPS) is 14.7. The zero-order valence-corrected chi connectivity index (χ0v) is 15.1. The van der Waals surface area contributed by atoms with E-state index in [9.17, 15) is 18.0 Å². The molecule has 0 N–H and O–H groups in total. The van der Waals surface area contributed by atoms with Crippen LogP contribution in [0.3, 0.4) is 0 Å². The number of anilines is 1. The Morgan fingerprint density at radius 3 is 2.43 bits per heavy atom. The van der Waals surface area contributed by atoms with Crippen molar-refractivity contribution in [3.05, 3.63) is 42.4 Å². The van der Waals surface area contributed by atoms with Crippen LogP contribution in [0.4, 0.5) is 19.0 Å². The van der Waals surface area contributed by atoms with Gasteiger partial charge in [0.2, 0.25) is 0 Å². The van der Waals surface area contributed by atoms with Gasteiger partial charge in [0.1, 0.15) is 17.8 Å². The summed E-state index contributed by atoms with van der Waals surface area (Å²) in [6.45, 7) is 1.31. The van der Waals surface area contributed by atoms with E-state index in [4.69, 9.17) is 9.47 Å². The molecule has 0 spiro atoms. The highest BCUT2D eigenvalue weighted by Gasteiger charge is 2.33. The summed E-state index contributed by atoms with van der Waals surface area (Å²) in [7, 11) is 1.51. The van der Waals surface area contributed by atoms with Gasteiger partial charge in [-0.05, 0) is 12.1 Å². The number of para-hydroxylation sites is 2. The minimum Gasteiger partial charge on any atom is -0.493 e. The smallest absolute Gasteiger partial charge is 0.433 e. The lowest BCUT2D eigenvalue weighted by Crippen LogP contribution is -2.50. The maximum Gasteiger partial charge on any atom is 0.433 e. The number of nitrogens with zero attached hydrogens (tertiary/aromatic N) is 4. The third kappa shape index (κ3) is 4.62. The number of amides is 1. The van der Waals surface area contributed by atoms with Crippen molar-refractivity contribution in [1.29, 1.82) is 0 Å². The summed E-state index contributed by atoms with van der Waals surface area (Å²) in [6.07, 6.45) is -3.62. The van der Waals surface area contributed by atoms with Gasteiger partial charge in [0.05, 0.1) is 7.11 Å². The van der Waals surface area contributed by atoms with E-state index in [-0.39, 0.29) is 18.3 Å². The molecule has 10 heteroatoms. The lowest BCUT2D eigenvalue weighted by atomic mass is 10.3. The average Bonchev–Trinajstić information content (AvgIpc) is 2.72. The van der Waals surface area contributed by atoms with Gasteiger partial charge >= 0.3 is 6.18 Å². The Bertz CT molecular complexity index is 824. The second kappa shape index (κ2) is 8.32. The lowest BCUT2D eigenvalue weighted by molar-refractivity contribution is -0.141. The van der Waals surface area contributed by atoms with E-state index in [2.05, 4.69) is 9.97 Å². The number of halogens is 3. The number of alkyl halides is 3. The van der Waals surface area contributed by atoms with Crippen molar-refractivity contribution in [2.75, 3.05) is 44.8 Å². The summed E-state index contributed by atoms with van der Waals surface area (Å²) >= 11 is 0. The highest BCUT2D eigenvalue weighted by molar-refractivity contribution is 5.78. The van der Waals surface area contributed by atoms with Crippen molar-refractivity contribution < 1.29 is 27.4 Å². The molecule has 7 nitrogen and oxygen atoms in total. The maximum absolute atomic E-state index is 12.8. The first kappa shape index (κ1) is 19.7. The predicted molar refractivity (Wildman–Crippen MR) is 94.3 cm³/mol. The Balaban J connectivity index is 1.54. The van der Waals surface area contributed by atoms with Gasteiger partial charge in [0.15, 0.2) is 18.1 Å². The molecule has 1 aromatic heterocycles. The van der Waals surface area contributed by atoms with Crippen molar-refractivity contribution >= 4 is 11.7 Å². The van der Waals surface area contributed by atoms with Crippen LogP contribution in [0.15, 0.2) is 36.7 Å². The van der Waals surface area contributed by atoms with Gasteiger partial charge in [-0.2, -0.15) is 13.2 Å². The molecule has 150 valence electrons. The molecule has 1 aromatic carbocycles. The van der Waals surface area contributed by atoms with Gasteiger partial charge in [0, 0.05) is 32.2 Å². The Morgan fingerprint density at radius 2 is 1.79 bits per heavy atom. The maximum atomic E-state index is 12.8. The summed E-state index contributed by atoms with van der Waals surface area (Å²) in [5.74, 6) is 0.992. The van der Waals surface area contributed by atoms with Gasteiger partial charge in [0.25, 0.3) is 5.91 Å². The molecular formula is C18H19F3N4O3. The highest BCUT2D eigenvalue weighted by Crippen LogP contribution is 2.29. The number of piperazine rings is 1. The summed E-state index contributed by atoms with van der Waals surface area (Å²) < 4.78 is 49.1. The molecule has 1 amide bonds. The molecule has 2 aromatic rings. The number of benzene rings is 1. The van der Waals surface area contributed by atoms with E-state index in [1.165, 1.54) is 7.11 Å². The number of aromatic nitrogens is 2. The number of hydrogen-bond acceptors (Lipinski definition) is 6. The van der Waals surface area contributed by atoms with Crippen molar-refractivity contribution in [1.82, 2.24) is 14.9 Å². The molecule has 0 unspecified atom stereocenters.